The van der Waals surface area contributed by atoms with Gasteiger partial charge in [-0.3, -0.25) is 4.90 Å². The summed E-state index contributed by atoms with van der Waals surface area (Å²) in [6.45, 7) is 2.99. The van der Waals surface area contributed by atoms with Crippen molar-refractivity contribution in [2.75, 3.05) is 26.2 Å². The van der Waals surface area contributed by atoms with Gasteiger partial charge < -0.3 is 14.4 Å². The summed E-state index contributed by atoms with van der Waals surface area (Å²) in [6.07, 6.45) is -5.26. The molecule has 1 aliphatic rings. The maximum Gasteiger partial charge on any atom is 0.573 e. The molecule has 4 rings (SSSR count). The topological polar surface area (TPSA) is 42.0 Å². The van der Waals surface area contributed by atoms with E-state index < -0.39 is 12.5 Å². The lowest BCUT2D eigenvalue weighted by Crippen LogP contribution is -2.48. The highest BCUT2D eigenvalue weighted by Gasteiger charge is 2.31. The molecule has 10 heteroatoms. The minimum atomic E-state index is -4.77. The summed E-state index contributed by atoms with van der Waals surface area (Å²) in [5.74, 6) is -0.348. The molecule has 0 saturated carbocycles. The predicted octanol–water partition coefficient (Wildman–Crippen LogP) is 6.84. The van der Waals surface area contributed by atoms with Gasteiger partial charge in [0.25, 0.3) is 0 Å². The Bertz CT molecular complexity index is 1170. The lowest BCUT2D eigenvalue weighted by molar-refractivity contribution is -0.274. The molecule has 0 aromatic heterocycles. The number of hydrogen-bond donors (Lipinski definition) is 0. The van der Waals surface area contributed by atoms with Gasteiger partial charge in [0.05, 0.1) is 0 Å². The minimum absolute atomic E-state index is 0.136. The first-order chi connectivity index (χ1) is 17.2. The van der Waals surface area contributed by atoms with Crippen molar-refractivity contribution in [2.45, 2.75) is 29.3 Å². The highest BCUT2D eigenvalue weighted by molar-refractivity contribution is 7.99. The molecule has 0 aliphatic carbocycles. The molecule has 36 heavy (non-hydrogen) atoms. The number of hydrogen-bond acceptors (Lipinski definition) is 5. The summed E-state index contributed by atoms with van der Waals surface area (Å²) < 4.78 is 46.5. The number of alkyl halides is 3. The summed E-state index contributed by atoms with van der Waals surface area (Å²) in [7, 11) is 0. The van der Waals surface area contributed by atoms with Gasteiger partial charge in [-0.1, -0.05) is 53.7 Å². The van der Waals surface area contributed by atoms with E-state index in [0.29, 0.717) is 36.8 Å². The van der Waals surface area contributed by atoms with Crippen LogP contribution in [0.15, 0.2) is 82.6 Å². The molecule has 1 saturated heterocycles. The monoisotopic (exact) mass is 536 g/mol. The molecule has 1 fully saturated rings. The zero-order valence-electron chi connectivity index (χ0n) is 19.2. The van der Waals surface area contributed by atoms with Gasteiger partial charge >= 0.3 is 12.5 Å². The first-order valence-corrected chi connectivity index (χ1v) is 12.4. The molecule has 0 unspecified atom stereocenters. The third-order valence-electron chi connectivity index (χ3n) is 5.53. The standard InChI is InChI=1S/C26H24ClF3N2O3S/c27-21-8-10-23(11-9-21)36-24-7-2-1-5-20(24)17-31-12-14-32(15-13-31)25(33)34-18-19-4-3-6-22(16-19)35-26(28,29)30/h1-11,16H,12-15,17-18H2. The maximum absolute atomic E-state index is 12.5. The van der Waals surface area contributed by atoms with Crippen molar-refractivity contribution in [1.29, 1.82) is 0 Å². The Morgan fingerprint density at radius 1 is 0.944 bits per heavy atom. The number of nitrogens with zero attached hydrogens (tertiary/aromatic N) is 2. The lowest BCUT2D eigenvalue weighted by atomic mass is 10.2. The third kappa shape index (κ3) is 7.81. The maximum atomic E-state index is 12.5. The molecule has 0 bridgehead atoms. The van der Waals surface area contributed by atoms with Gasteiger partial charge in [0.15, 0.2) is 0 Å². The number of carbonyl (C=O) groups is 1. The van der Waals surface area contributed by atoms with Crippen LogP contribution in [-0.4, -0.2) is 48.4 Å². The zero-order valence-corrected chi connectivity index (χ0v) is 20.8. The van der Waals surface area contributed by atoms with Gasteiger partial charge in [0.2, 0.25) is 0 Å². The smallest absolute Gasteiger partial charge is 0.445 e. The van der Waals surface area contributed by atoms with Crippen LogP contribution >= 0.6 is 23.4 Å². The second kappa shape index (κ2) is 11.9. The van der Waals surface area contributed by atoms with Crippen LogP contribution in [0, 0.1) is 0 Å². The van der Waals surface area contributed by atoms with Crippen molar-refractivity contribution in [3.05, 3.63) is 88.9 Å². The van der Waals surface area contributed by atoms with Gasteiger partial charge in [-0.05, 0) is 53.6 Å². The highest BCUT2D eigenvalue weighted by Crippen LogP contribution is 2.32. The van der Waals surface area contributed by atoms with Crippen LogP contribution in [0.2, 0.25) is 5.02 Å². The van der Waals surface area contributed by atoms with Crippen LogP contribution in [0.1, 0.15) is 11.1 Å². The van der Waals surface area contributed by atoms with Crippen LogP contribution in [0.4, 0.5) is 18.0 Å². The molecule has 0 spiro atoms. The number of benzene rings is 3. The number of rotatable bonds is 7. The van der Waals surface area contributed by atoms with E-state index in [1.54, 1.807) is 22.7 Å². The van der Waals surface area contributed by atoms with E-state index in [-0.39, 0.29) is 12.4 Å². The Balaban J connectivity index is 1.26. The van der Waals surface area contributed by atoms with E-state index in [9.17, 15) is 18.0 Å². The largest absolute Gasteiger partial charge is 0.573 e. The van der Waals surface area contributed by atoms with E-state index >= 15 is 0 Å². The molecule has 0 N–H and O–H groups in total. The molecule has 5 nitrogen and oxygen atoms in total. The second-order valence-corrected chi connectivity index (χ2v) is 9.73. The molecule has 0 radical (unpaired) electrons. The lowest BCUT2D eigenvalue weighted by Gasteiger charge is -2.34. The number of carbonyl (C=O) groups excluding carboxylic acids is 1. The van der Waals surface area contributed by atoms with Crippen molar-refractivity contribution < 1.29 is 27.4 Å². The van der Waals surface area contributed by atoms with Gasteiger partial charge in [-0.15, -0.1) is 13.2 Å². The van der Waals surface area contributed by atoms with Crippen LogP contribution < -0.4 is 4.74 Å². The molecular formula is C26H24ClF3N2O3S. The second-order valence-electron chi connectivity index (χ2n) is 8.18. The normalized spacial score (nSPS) is 14.5. The SMILES string of the molecule is O=C(OCc1cccc(OC(F)(F)F)c1)N1CCN(Cc2ccccc2Sc2ccc(Cl)cc2)CC1. The van der Waals surface area contributed by atoms with E-state index in [1.165, 1.54) is 28.7 Å². The molecule has 0 atom stereocenters. The number of halogens is 4. The first kappa shape index (κ1) is 26.2. The van der Waals surface area contributed by atoms with Crippen LogP contribution in [0.5, 0.6) is 5.75 Å². The van der Waals surface area contributed by atoms with Crippen molar-refractivity contribution in [2.24, 2.45) is 0 Å². The van der Waals surface area contributed by atoms with E-state index in [0.717, 1.165) is 11.4 Å². The van der Waals surface area contributed by atoms with Crippen molar-refractivity contribution in [1.82, 2.24) is 9.80 Å². The number of amides is 1. The molecule has 3 aromatic carbocycles. The van der Waals surface area contributed by atoms with Gasteiger partial charge in [-0.2, -0.15) is 0 Å². The molecule has 3 aromatic rings. The summed E-state index contributed by atoms with van der Waals surface area (Å²) >= 11 is 7.68. The van der Waals surface area contributed by atoms with Crippen molar-refractivity contribution in [3.8, 4) is 5.75 Å². The third-order valence-corrected chi connectivity index (χ3v) is 6.91. The molecule has 1 heterocycles. The Morgan fingerprint density at radius 2 is 1.67 bits per heavy atom. The fourth-order valence-electron chi connectivity index (χ4n) is 3.76. The van der Waals surface area contributed by atoms with Gasteiger partial charge in [0.1, 0.15) is 12.4 Å². The Morgan fingerprint density at radius 3 is 2.39 bits per heavy atom. The van der Waals surface area contributed by atoms with Gasteiger partial charge in [0, 0.05) is 47.5 Å². The summed E-state index contributed by atoms with van der Waals surface area (Å²) in [5, 5.41) is 0.702. The van der Waals surface area contributed by atoms with Crippen LogP contribution in [-0.2, 0) is 17.9 Å². The van der Waals surface area contributed by atoms with Crippen molar-refractivity contribution in [3.63, 3.8) is 0 Å². The molecule has 1 aliphatic heterocycles. The Hall–Kier alpha value is -2.88. The fraction of sp³-hybridized carbons (Fsp3) is 0.269. The summed E-state index contributed by atoms with van der Waals surface area (Å²) in [4.78, 5) is 18.7. The predicted molar refractivity (Wildman–Crippen MR) is 132 cm³/mol. The summed E-state index contributed by atoms with van der Waals surface area (Å²) in [6, 6.07) is 21.4. The number of piperazine rings is 1. The van der Waals surface area contributed by atoms with Crippen LogP contribution in [0.25, 0.3) is 0 Å². The average Bonchev–Trinajstić information content (AvgIpc) is 2.85. The Kier molecular flexibility index (Phi) is 8.66. The molecular weight excluding hydrogens is 513 g/mol. The fourth-order valence-corrected chi connectivity index (χ4v) is 4.82. The van der Waals surface area contributed by atoms with E-state index in [2.05, 4.69) is 21.8 Å². The van der Waals surface area contributed by atoms with Gasteiger partial charge in [-0.25, -0.2) is 4.79 Å². The molecule has 1 amide bonds. The zero-order chi connectivity index (χ0) is 25.5. The number of ether oxygens (including phenoxy) is 2. The highest BCUT2D eigenvalue weighted by atomic mass is 35.5. The van der Waals surface area contributed by atoms with E-state index in [4.69, 9.17) is 16.3 Å². The molecule has 190 valence electrons. The quantitative estimate of drug-likeness (QED) is 0.330. The minimum Gasteiger partial charge on any atom is -0.445 e. The summed E-state index contributed by atoms with van der Waals surface area (Å²) in [5.41, 5.74) is 1.62. The average molecular weight is 537 g/mol. The van der Waals surface area contributed by atoms with Crippen LogP contribution in [0.3, 0.4) is 0 Å². The first-order valence-electron chi connectivity index (χ1n) is 11.3. The Labute approximate surface area is 216 Å². The van der Waals surface area contributed by atoms with Crippen molar-refractivity contribution >= 4 is 29.5 Å². The van der Waals surface area contributed by atoms with E-state index in [1.807, 2.05) is 36.4 Å².